The summed E-state index contributed by atoms with van der Waals surface area (Å²) in [4.78, 5) is 2.36. The van der Waals surface area contributed by atoms with E-state index in [0.29, 0.717) is 0 Å². The van der Waals surface area contributed by atoms with Crippen molar-refractivity contribution in [3.63, 3.8) is 0 Å². The van der Waals surface area contributed by atoms with Crippen LogP contribution in [0.4, 0.5) is 17.1 Å². The fourth-order valence-electron chi connectivity index (χ4n) is 7.64. The highest BCUT2D eigenvalue weighted by atomic mass is 16.3. The van der Waals surface area contributed by atoms with Gasteiger partial charge in [-0.1, -0.05) is 158 Å². The molecule has 0 aliphatic heterocycles. The first-order chi connectivity index (χ1) is 26.7. The quantitative estimate of drug-likeness (QED) is 0.166. The molecule has 2 heteroatoms. The summed E-state index contributed by atoms with van der Waals surface area (Å²) in [5.41, 5.74) is 14.7. The molecule has 0 unspecified atom stereocenters. The average molecular weight is 690 g/mol. The molecule has 0 spiro atoms. The lowest BCUT2D eigenvalue weighted by molar-refractivity contribution is 0.669. The summed E-state index contributed by atoms with van der Waals surface area (Å²) in [5.74, 6) is 0. The van der Waals surface area contributed by atoms with Gasteiger partial charge >= 0.3 is 0 Å². The van der Waals surface area contributed by atoms with E-state index in [-0.39, 0.29) is 0 Å². The van der Waals surface area contributed by atoms with Crippen molar-refractivity contribution >= 4 is 49.8 Å². The van der Waals surface area contributed by atoms with E-state index in [1.807, 2.05) is 12.1 Å². The third-order valence-corrected chi connectivity index (χ3v) is 10.5. The Hall–Kier alpha value is -7.16. The first kappa shape index (κ1) is 31.6. The second kappa shape index (κ2) is 13.4. The van der Waals surface area contributed by atoms with Crippen LogP contribution in [0.3, 0.4) is 0 Å². The van der Waals surface area contributed by atoms with Gasteiger partial charge in [-0.3, -0.25) is 0 Å². The van der Waals surface area contributed by atoms with Gasteiger partial charge in [-0.15, -0.1) is 0 Å². The number of fused-ring (bicyclic) bond motifs is 4. The fourth-order valence-corrected chi connectivity index (χ4v) is 7.64. The van der Waals surface area contributed by atoms with Crippen molar-refractivity contribution in [3.05, 3.63) is 212 Å². The van der Waals surface area contributed by atoms with Gasteiger partial charge in [0, 0.05) is 27.8 Å². The lowest BCUT2D eigenvalue weighted by Gasteiger charge is -2.26. The Balaban J connectivity index is 1.05. The molecule has 0 N–H and O–H groups in total. The summed E-state index contributed by atoms with van der Waals surface area (Å²) in [7, 11) is 0. The highest BCUT2D eigenvalue weighted by molar-refractivity contribution is 6.10. The highest BCUT2D eigenvalue weighted by Gasteiger charge is 2.16. The first-order valence-electron chi connectivity index (χ1n) is 18.4. The van der Waals surface area contributed by atoms with E-state index in [0.717, 1.165) is 44.4 Å². The third-order valence-electron chi connectivity index (χ3n) is 10.5. The minimum atomic E-state index is 0.909. The van der Waals surface area contributed by atoms with Crippen LogP contribution in [0, 0.1) is 0 Å². The zero-order valence-corrected chi connectivity index (χ0v) is 29.6. The number of nitrogens with zero attached hydrogens (tertiary/aromatic N) is 1. The van der Waals surface area contributed by atoms with Gasteiger partial charge in [0.05, 0.1) is 0 Å². The van der Waals surface area contributed by atoms with Crippen molar-refractivity contribution < 1.29 is 4.42 Å². The maximum Gasteiger partial charge on any atom is 0.136 e. The maximum absolute atomic E-state index is 6.23. The van der Waals surface area contributed by atoms with Gasteiger partial charge in [0.15, 0.2) is 0 Å². The molecule has 0 saturated carbocycles. The maximum atomic E-state index is 6.23. The molecule has 0 saturated heterocycles. The Kier molecular flexibility index (Phi) is 7.85. The Morgan fingerprint density at radius 1 is 0.259 bits per heavy atom. The Labute approximate surface area is 314 Å². The molecule has 0 radical (unpaired) electrons. The molecular formula is C52H35NO. The molecule has 10 rings (SSSR count). The van der Waals surface area contributed by atoms with Crippen molar-refractivity contribution in [1.29, 1.82) is 0 Å². The molecule has 9 aromatic carbocycles. The number of anilines is 3. The second-order valence-corrected chi connectivity index (χ2v) is 13.8. The van der Waals surface area contributed by atoms with Gasteiger partial charge in [0.25, 0.3) is 0 Å². The molecule has 54 heavy (non-hydrogen) atoms. The van der Waals surface area contributed by atoms with Crippen LogP contribution in [0.2, 0.25) is 0 Å². The summed E-state index contributed by atoms with van der Waals surface area (Å²) in [6.45, 7) is 0. The molecule has 0 aliphatic carbocycles. The number of benzene rings is 9. The zero-order valence-electron chi connectivity index (χ0n) is 29.6. The largest absolute Gasteiger partial charge is 0.456 e. The average Bonchev–Trinajstić information content (AvgIpc) is 3.61. The Morgan fingerprint density at radius 3 is 1.37 bits per heavy atom. The molecule has 10 aromatic rings. The highest BCUT2D eigenvalue weighted by Crippen LogP contribution is 2.40. The number of rotatable bonds is 7. The number of furan rings is 1. The first-order valence-corrected chi connectivity index (χ1v) is 18.4. The number of hydrogen-bond acceptors (Lipinski definition) is 2. The van der Waals surface area contributed by atoms with Crippen molar-refractivity contribution in [1.82, 2.24) is 0 Å². The van der Waals surface area contributed by atoms with Gasteiger partial charge < -0.3 is 9.32 Å². The van der Waals surface area contributed by atoms with Crippen molar-refractivity contribution in [2.75, 3.05) is 4.90 Å². The van der Waals surface area contributed by atoms with E-state index in [2.05, 4.69) is 205 Å². The van der Waals surface area contributed by atoms with Crippen LogP contribution >= 0.6 is 0 Å². The number of hydrogen-bond donors (Lipinski definition) is 0. The van der Waals surface area contributed by atoms with Crippen LogP contribution in [-0.4, -0.2) is 0 Å². The van der Waals surface area contributed by atoms with E-state index in [1.165, 1.54) is 49.9 Å². The van der Waals surface area contributed by atoms with Gasteiger partial charge in [0.2, 0.25) is 0 Å². The fraction of sp³-hybridized carbons (Fsp3) is 0. The second-order valence-electron chi connectivity index (χ2n) is 13.8. The molecule has 254 valence electrons. The van der Waals surface area contributed by atoms with Crippen molar-refractivity contribution in [2.24, 2.45) is 0 Å². The van der Waals surface area contributed by atoms with Crippen LogP contribution in [0.5, 0.6) is 0 Å². The standard InChI is InChI=1S/C52H35NO/c1-3-10-36(11-4-1)38-18-20-40(21-19-38)41-26-29-46(30-27-41)53(47-15-9-14-43(32-47)42-24-22-39(23-25-42)37-12-5-2-6-13-37)48-31-28-44-35-52-50(34-45(44)33-48)49-16-7-8-17-51(49)54-52/h1-35H. The summed E-state index contributed by atoms with van der Waals surface area (Å²) in [5, 5.41) is 4.58. The summed E-state index contributed by atoms with van der Waals surface area (Å²) in [6.07, 6.45) is 0. The minimum absolute atomic E-state index is 0.909. The predicted molar refractivity (Wildman–Crippen MR) is 228 cm³/mol. The molecule has 1 heterocycles. The van der Waals surface area contributed by atoms with Crippen LogP contribution in [-0.2, 0) is 0 Å². The predicted octanol–water partition coefficient (Wildman–Crippen LogP) is 14.9. The van der Waals surface area contributed by atoms with Crippen molar-refractivity contribution in [2.45, 2.75) is 0 Å². The van der Waals surface area contributed by atoms with E-state index < -0.39 is 0 Å². The normalized spacial score (nSPS) is 11.3. The molecule has 2 nitrogen and oxygen atoms in total. The van der Waals surface area contributed by atoms with E-state index in [4.69, 9.17) is 4.42 Å². The van der Waals surface area contributed by atoms with Crippen LogP contribution in [0.1, 0.15) is 0 Å². The molecule has 0 atom stereocenters. The third kappa shape index (κ3) is 5.90. The van der Waals surface area contributed by atoms with Gasteiger partial charge in [-0.25, -0.2) is 0 Å². The summed E-state index contributed by atoms with van der Waals surface area (Å²) in [6, 6.07) is 76.0. The molecule has 0 bridgehead atoms. The van der Waals surface area contributed by atoms with E-state index >= 15 is 0 Å². The molecular weight excluding hydrogens is 655 g/mol. The van der Waals surface area contributed by atoms with E-state index in [1.54, 1.807) is 0 Å². The Bertz CT molecular complexity index is 2890. The molecule has 1 aromatic heterocycles. The zero-order chi connectivity index (χ0) is 35.8. The minimum Gasteiger partial charge on any atom is -0.456 e. The summed E-state index contributed by atoms with van der Waals surface area (Å²) < 4.78 is 6.23. The van der Waals surface area contributed by atoms with Crippen LogP contribution in [0.25, 0.3) is 77.2 Å². The molecule has 0 amide bonds. The van der Waals surface area contributed by atoms with Crippen LogP contribution < -0.4 is 4.90 Å². The Morgan fingerprint density at radius 2 is 0.741 bits per heavy atom. The van der Waals surface area contributed by atoms with Crippen LogP contribution in [0.15, 0.2) is 217 Å². The topological polar surface area (TPSA) is 16.4 Å². The lowest BCUT2D eigenvalue weighted by atomic mass is 9.99. The summed E-state index contributed by atoms with van der Waals surface area (Å²) >= 11 is 0. The monoisotopic (exact) mass is 689 g/mol. The SMILES string of the molecule is c1ccc(-c2ccc(-c3ccc(N(c4cccc(-c5ccc(-c6ccccc6)cc5)c4)c4ccc5cc6oc7ccccc7c6cc5c4)cc3)cc2)cc1. The van der Waals surface area contributed by atoms with Crippen molar-refractivity contribution in [3.8, 4) is 44.5 Å². The molecule has 0 aliphatic rings. The van der Waals surface area contributed by atoms with Gasteiger partial charge in [-0.2, -0.15) is 0 Å². The smallest absolute Gasteiger partial charge is 0.136 e. The van der Waals surface area contributed by atoms with E-state index in [9.17, 15) is 0 Å². The number of para-hydroxylation sites is 1. The lowest BCUT2D eigenvalue weighted by Crippen LogP contribution is -2.10. The van der Waals surface area contributed by atoms with Gasteiger partial charge in [0.1, 0.15) is 11.2 Å². The van der Waals surface area contributed by atoms with Gasteiger partial charge in [-0.05, 0) is 110 Å². The molecule has 0 fully saturated rings.